The summed E-state index contributed by atoms with van der Waals surface area (Å²) in [4.78, 5) is 62.6. The summed E-state index contributed by atoms with van der Waals surface area (Å²) in [6.45, 7) is 0.220. The van der Waals surface area contributed by atoms with Crippen LogP contribution in [0.3, 0.4) is 0 Å². The zero-order valence-electron chi connectivity index (χ0n) is 37.2. The van der Waals surface area contributed by atoms with E-state index < -0.39 is 18.5 Å². The number of aromatic amines is 2. The summed E-state index contributed by atoms with van der Waals surface area (Å²) in [5.74, 6) is 2.46. The molecule has 4 N–H and O–H groups in total. The van der Waals surface area contributed by atoms with E-state index in [9.17, 15) is 14.4 Å². The Morgan fingerprint density at radius 2 is 1.14 bits per heavy atom. The molecule has 13 nitrogen and oxygen atoms in total. The standard InChI is InChI=1S/C53H58N8O5/c62-31-54-47(35-15-3-1-4-16-35)51(63)60-43-21-11-9-19-37(43)29-45(60)49-55-39-25-23-33(27-41(39)57-49)13-7-8-14-34-24-26-40-42(28-34)58-50(56-40)46-30-38-20-10-12-22-44(38)61(46)52(64)48(59-53-65-32-66-53)36-17-5-2-6-18-36/h1-8,15-18,23-28,31,37-38,43-48,53,59H,9-14,19-22,29-30,32H2,(H,54,62)(H,55,57)(H,56,58)/b8-7+/t37-,38-,43-,44-,45-,46-,47+,48+/m0/s1. The molecule has 6 aromatic rings. The van der Waals surface area contributed by atoms with Gasteiger partial charge in [0.05, 0.1) is 34.2 Å². The van der Waals surface area contributed by atoms with Gasteiger partial charge in [0.1, 0.15) is 23.7 Å². The van der Waals surface area contributed by atoms with E-state index in [-0.39, 0.29) is 42.8 Å². The van der Waals surface area contributed by atoms with Crippen LogP contribution < -0.4 is 10.6 Å². The molecule has 2 aliphatic carbocycles. The molecule has 5 aliphatic rings. The van der Waals surface area contributed by atoms with Crippen LogP contribution in [0.15, 0.2) is 109 Å². The van der Waals surface area contributed by atoms with Gasteiger partial charge < -0.3 is 34.6 Å². The van der Waals surface area contributed by atoms with Crippen LogP contribution in [0.2, 0.25) is 0 Å². The van der Waals surface area contributed by atoms with Crippen LogP contribution in [-0.4, -0.2) is 73.3 Å². The molecular weight excluding hydrogens is 829 g/mol. The quantitative estimate of drug-likeness (QED) is 0.0626. The number of likely N-dealkylation sites (tertiary alicyclic amines) is 2. The van der Waals surface area contributed by atoms with Crippen molar-refractivity contribution >= 4 is 40.3 Å². The van der Waals surface area contributed by atoms with E-state index in [4.69, 9.17) is 19.4 Å². The maximum Gasteiger partial charge on any atom is 0.250 e. The summed E-state index contributed by atoms with van der Waals surface area (Å²) in [5, 5.41) is 6.15. The van der Waals surface area contributed by atoms with Gasteiger partial charge in [0.2, 0.25) is 18.7 Å². The van der Waals surface area contributed by atoms with E-state index in [1.54, 1.807) is 0 Å². The molecule has 8 atom stereocenters. The topological polar surface area (TPSA) is 158 Å². The number of nitrogens with one attached hydrogen (secondary N) is 4. The molecule has 5 fully saturated rings. The van der Waals surface area contributed by atoms with E-state index in [1.807, 2.05) is 65.6 Å². The van der Waals surface area contributed by atoms with Crippen molar-refractivity contribution in [2.75, 3.05) is 6.79 Å². The molecule has 2 saturated carbocycles. The molecule has 3 amide bonds. The molecule has 11 rings (SSSR count). The minimum atomic E-state index is -0.747. The maximum atomic E-state index is 14.7. The van der Waals surface area contributed by atoms with Gasteiger partial charge in [0.15, 0.2) is 6.79 Å². The lowest BCUT2D eigenvalue weighted by Gasteiger charge is -2.38. The Hall–Kier alpha value is -6.15. The highest BCUT2D eigenvalue weighted by atomic mass is 16.9. The molecule has 0 bridgehead atoms. The maximum absolute atomic E-state index is 14.7. The zero-order valence-corrected chi connectivity index (χ0v) is 37.2. The van der Waals surface area contributed by atoms with Gasteiger partial charge in [-0.15, -0.1) is 0 Å². The summed E-state index contributed by atoms with van der Waals surface area (Å²) in [6.07, 6.45) is 16.5. The first-order valence-electron chi connectivity index (χ1n) is 24.0. The highest BCUT2D eigenvalue weighted by Gasteiger charge is 2.49. The number of nitrogens with zero attached hydrogens (tertiary/aromatic N) is 4. The fourth-order valence-corrected chi connectivity index (χ4v) is 11.8. The van der Waals surface area contributed by atoms with Gasteiger partial charge in [0.25, 0.3) is 5.91 Å². The molecule has 0 radical (unpaired) electrons. The predicted molar refractivity (Wildman–Crippen MR) is 250 cm³/mol. The van der Waals surface area contributed by atoms with Crippen LogP contribution in [-0.2, 0) is 36.7 Å². The second kappa shape index (κ2) is 18.6. The number of carbonyl (C=O) groups excluding carboxylic acids is 3. The second-order valence-electron chi connectivity index (χ2n) is 19.0. The van der Waals surface area contributed by atoms with Crippen molar-refractivity contribution in [3.05, 3.63) is 143 Å². The summed E-state index contributed by atoms with van der Waals surface area (Å²) < 4.78 is 11.1. The molecule has 13 heteroatoms. The first kappa shape index (κ1) is 42.5. The van der Waals surface area contributed by atoms with Gasteiger partial charge in [-0.1, -0.05) is 111 Å². The fraction of sp³-hybridized carbons (Fsp3) is 0.415. The SMILES string of the molecule is O=CN[C@@H](C(=O)N1[C@H](c2nc3cc(C/C=C/Cc4ccc5[nH]c([C@@H]6C[C@@H]7CCCC[C@@H]7N6C(=O)[C@H](NC6OCO6)c6ccccc6)nc5c4)ccc3[nH]2)C[C@@H]2CCCC[C@@H]21)c1ccccc1. The number of allylic oxidation sites excluding steroid dienone is 2. The van der Waals surface area contributed by atoms with Crippen LogP contribution in [0.5, 0.6) is 0 Å². The number of aromatic nitrogens is 4. The van der Waals surface area contributed by atoms with Gasteiger partial charge >= 0.3 is 0 Å². The Kier molecular flexibility index (Phi) is 12.0. The molecule has 4 aromatic carbocycles. The van der Waals surface area contributed by atoms with Gasteiger partial charge in [-0.2, -0.15) is 0 Å². The number of amides is 3. The van der Waals surface area contributed by atoms with Crippen molar-refractivity contribution in [2.45, 2.75) is 120 Å². The highest BCUT2D eigenvalue weighted by Crippen LogP contribution is 2.48. The molecule has 66 heavy (non-hydrogen) atoms. The van der Waals surface area contributed by atoms with Crippen LogP contribution in [0.1, 0.15) is 122 Å². The van der Waals surface area contributed by atoms with E-state index in [2.05, 4.69) is 74.1 Å². The van der Waals surface area contributed by atoms with Crippen LogP contribution in [0.4, 0.5) is 0 Å². The van der Waals surface area contributed by atoms with Crippen molar-refractivity contribution < 1.29 is 23.9 Å². The lowest BCUT2D eigenvalue weighted by atomic mass is 9.84. The van der Waals surface area contributed by atoms with Crippen LogP contribution in [0.25, 0.3) is 22.1 Å². The van der Waals surface area contributed by atoms with Gasteiger partial charge in [-0.3, -0.25) is 19.7 Å². The Morgan fingerprint density at radius 3 is 1.62 bits per heavy atom. The Morgan fingerprint density at radius 1 is 0.652 bits per heavy atom. The Labute approximate surface area is 384 Å². The summed E-state index contributed by atoms with van der Waals surface area (Å²) >= 11 is 0. The number of H-pyrrole nitrogens is 2. The second-order valence-corrected chi connectivity index (χ2v) is 19.0. The molecule has 0 unspecified atom stereocenters. The molecule has 3 aliphatic heterocycles. The summed E-state index contributed by atoms with van der Waals surface area (Å²) in [6, 6.07) is 30.8. The number of carbonyl (C=O) groups is 3. The average molecular weight is 887 g/mol. The predicted octanol–water partition coefficient (Wildman–Crippen LogP) is 8.55. The number of ether oxygens (including phenoxy) is 2. The van der Waals surface area contributed by atoms with Gasteiger partial charge in [-0.05, 0) is 110 Å². The lowest BCUT2D eigenvalue weighted by molar-refractivity contribution is -0.335. The third kappa shape index (κ3) is 8.33. The minimum Gasteiger partial charge on any atom is -0.343 e. The van der Waals surface area contributed by atoms with Crippen LogP contribution in [0, 0.1) is 11.8 Å². The van der Waals surface area contributed by atoms with E-state index in [1.165, 1.54) is 18.4 Å². The average Bonchev–Trinajstić information content (AvgIpc) is 4.14. The molecule has 340 valence electrons. The van der Waals surface area contributed by atoms with Crippen molar-refractivity contribution in [3.8, 4) is 0 Å². The van der Waals surface area contributed by atoms with E-state index >= 15 is 0 Å². The number of fused-ring (bicyclic) bond motifs is 4. The first-order valence-corrected chi connectivity index (χ1v) is 24.0. The smallest absolute Gasteiger partial charge is 0.250 e. The highest BCUT2D eigenvalue weighted by molar-refractivity contribution is 5.87. The fourth-order valence-electron chi connectivity index (χ4n) is 11.8. The molecular formula is C53H58N8O5. The molecule has 3 saturated heterocycles. The number of hydrogen-bond donors (Lipinski definition) is 4. The van der Waals surface area contributed by atoms with Gasteiger partial charge in [-0.25, -0.2) is 9.97 Å². The molecule has 0 spiro atoms. The summed E-state index contributed by atoms with van der Waals surface area (Å²) in [7, 11) is 0. The largest absolute Gasteiger partial charge is 0.343 e. The first-order chi connectivity index (χ1) is 32.5. The number of benzene rings is 4. The van der Waals surface area contributed by atoms with E-state index in [0.717, 1.165) is 115 Å². The number of hydrogen-bond acceptors (Lipinski definition) is 8. The Bertz CT molecular complexity index is 2720. The monoisotopic (exact) mass is 886 g/mol. The minimum absolute atomic E-state index is 0.0321. The van der Waals surface area contributed by atoms with Gasteiger partial charge in [0, 0.05) is 12.1 Å². The van der Waals surface area contributed by atoms with E-state index in [0.29, 0.717) is 18.2 Å². The van der Waals surface area contributed by atoms with Crippen molar-refractivity contribution in [1.82, 2.24) is 40.4 Å². The van der Waals surface area contributed by atoms with Crippen molar-refractivity contribution in [1.29, 1.82) is 0 Å². The van der Waals surface area contributed by atoms with Crippen molar-refractivity contribution in [3.63, 3.8) is 0 Å². The third-order valence-corrected chi connectivity index (χ3v) is 15.1. The Balaban J connectivity index is 0.779. The summed E-state index contributed by atoms with van der Waals surface area (Å²) in [5.41, 5.74) is 7.71. The normalized spacial score (nSPS) is 25.2. The number of rotatable bonds is 14. The lowest BCUT2D eigenvalue weighted by Crippen LogP contribution is -2.52. The van der Waals surface area contributed by atoms with Crippen LogP contribution >= 0.6 is 0 Å². The molecule has 2 aromatic heterocycles. The van der Waals surface area contributed by atoms with Crippen molar-refractivity contribution in [2.24, 2.45) is 11.8 Å². The molecule has 5 heterocycles. The zero-order chi connectivity index (χ0) is 44.6. The number of imidazole rings is 2. The third-order valence-electron chi connectivity index (χ3n) is 15.1.